The third-order valence-electron chi connectivity index (χ3n) is 9.12. The van der Waals surface area contributed by atoms with E-state index in [9.17, 15) is 4.79 Å². The van der Waals surface area contributed by atoms with Crippen molar-refractivity contribution in [2.24, 2.45) is 29.6 Å². The Morgan fingerprint density at radius 1 is 0.897 bits per heavy atom. The average molecular weight is 406 g/mol. The van der Waals surface area contributed by atoms with Crippen LogP contribution in [0, 0.1) is 29.6 Å². The molecule has 1 unspecified atom stereocenters. The van der Waals surface area contributed by atoms with Crippen molar-refractivity contribution >= 4 is 5.78 Å². The van der Waals surface area contributed by atoms with Gasteiger partial charge in [-0.05, 0) is 97.4 Å². The van der Waals surface area contributed by atoms with Crippen molar-refractivity contribution in [1.29, 1.82) is 0 Å². The Kier molecular flexibility index (Phi) is 7.53. The Hall–Kier alpha value is -0.410. The predicted octanol–water partition coefficient (Wildman–Crippen LogP) is 6.10. The minimum Gasteiger partial charge on any atom is -0.381 e. The number of Topliss-reactive ketones (excluding diaryl/α,β-unsaturated/α-hetero) is 1. The van der Waals surface area contributed by atoms with Gasteiger partial charge < -0.3 is 4.74 Å². The second-order valence-corrected chi connectivity index (χ2v) is 12.0. The van der Waals surface area contributed by atoms with E-state index in [-0.39, 0.29) is 11.1 Å². The first kappa shape index (κ1) is 23.3. The standard InChI is InChI=1S/C26H47NO2/c1-19-7-9-20(10-8-19)15-24(28)22-13-11-21(12-14-22)17-29-18-23-16-25(2,3)27(6)26(23,4)5/h19-23H,7-18H2,1-6H3. The van der Waals surface area contributed by atoms with Gasteiger partial charge in [-0.1, -0.05) is 19.8 Å². The smallest absolute Gasteiger partial charge is 0.136 e. The molecule has 3 aliphatic rings. The zero-order valence-electron chi connectivity index (χ0n) is 20.1. The summed E-state index contributed by atoms with van der Waals surface area (Å²) in [5, 5.41) is 0. The Balaban J connectivity index is 1.34. The molecule has 0 aromatic heterocycles. The van der Waals surface area contributed by atoms with Crippen LogP contribution in [-0.2, 0) is 9.53 Å². The van der Waals surface area contributed by atoms with Crippen LogP contribution in [0.1, 0.15) is 98.8 Å². The third kappa shape index (κ3) is 5.64. The van der Waals surface area contributed by atoms with E-state index in [0.29, 0.717) is 29.5 Å². The normalized spacial score (nSPS) is 37.5. The first-order valence-corrected chi connectivity index (χ1v) is 12.4. The molecule has 0 N–H and O–H groups in total. The van der Waals surface area contributed by atoms with E-state index in [4.69, 9.17) is 4.74 Å². The molecule has 0 bridgehead atoms. The van der Waals surface area contributed by atoms with Gasteiger partial charge in [-0.2, -0.15) is 0 Å². The Labute approximate surface area is 180 Å². The average Bonchev–Trinajstić information content (AvgIpc) is 2.83. The van der Waals surface area contributed by atoms with Gasteiger partial charge in [-0.25, -0.2) is 0 Å². The largest absolute Gasteiger partial charge is 0.381 e. The molecular formula is C26H47NO2. The van der Waals surface area contributed by atoms with E-state index in [0.717, 1.165) is 38.4 Å². The summed E-state index contributed by atoms with van der Waals surface area (Å²) in [5.41, 5.74) is 0.455. The summed E-state index contributed by atoms with van der Waals surface area (Å²) in [5.74, 6) is 3.72. The molecule has 3 fully saturated rings. The van der Waals surface area contributed by atoms with E-state index in [1.807, 2.05) is 0 Å². The molecule has 1 atom stereocenters. The van der Waals surface area contributed by atoms with Crippen LogP contribution in [0.2, 0.25) is 0 Å². The van der Waals surface area contributed by atoms with Crippen LogP contribution in [0.3, 0.4) is 0 Å². The minimum absolute atomic E-state index is 0.199. The van der Waals surface area contributed by atoms with Gasteiger partial charge in [0.25, 0.3) is 0 Å². The van der Waals surface area contributed by atoms with Crippen molar-refractivity contribution in [2.45, 2.75) is 110 Å². The minimum atomic E-state index is 0.199. The van der Waals surface area contributed by atoms with Crippen LogP contribution in [-0.4, -0.2) is 42.0 Å². The number of carbonyl (C=O) groups excluding carboxylic acids is 1. The van der Waals surface area contributed by atoms with Crippen molar-refractivity contribution in [2.75, 3.05) is 20.3 Å². The summed E-state index contributed by atoms with van der Waals surface area (Å²) < 4.78 is 6.25. The van der Waals surface area contributed by atoms with Crippen LogP contribution in [0.25, 0.3) is 0 Å². The summed E-state index contributed by atoms with van der Waals surface area (Å²) in [7, 11) is 2.26. The first-order valence-electron chi connectivity index (χ1n) is 12.4. The van der Waals surface area contributed by atoms with E-state index in [1.165, 1.54) is 44.9 Å². The Morgan fingerprint density at radius 3 is 2.03 bits per heavy atom. The lowest BCUT2D eigenvalue weighted by Gasteiger charge is -2.38. The quantitative estimate of drug-likeness (QED) is 0.512. The van der Waals surface area contributed by atoms with Gasteiger partial charge >= 0.3 is 0 Å². The van der Waals surface area contributed by atoms with Crippen molar-refractivity contribution in [1.82, 2.24) is 4.90 Å². The molecule has 3 rings (SSSR count). The number of hydrogen-bond acceptors (Lipinski definition) is 3. The molecule has 168 valence electrons. The molecule has 0 aromatic rings. The maximum Gasteiger partial charge on any atom is 0.136 e. The van der Waals surface area contributed by atoms with Crippen LogP contribution in [0.15, 0.2) is 0 Å². The summed E-state index contributed by atoms with van der Waals surface area (Å²) in [6.45, 7) is 13.5. The topological polar surface area (TPSA) is 29.5 Å². The lowest BCUT2D eigenvalue weighted by atomic mass is 9.75. The third-order valence-corrected chi connectivity index (χ3v) is 9.12. The fourth-order valence-electron chi connectivity index (χ4n) is 6.32. The molecule has 1 saturated heterocycles. The molecule has 0 aromatic carbocycles. The number of hydrogen-bond donors (Lipinski definition) is 0. The van der Waals surface area contributed by atoms with Crippen LogP contribution in [0.4, 0.5) is 0 Å². The Morgan fingerprint density at radius 2 is 1.48 bits per heavy atom. The number of ketones is 1. The lowest BCUT2D eigenvalue weighted by molar-refractivity contribution is -0.125. The molecule has 29 heavy (non-hydrogen) atoms. The molecular weight excluding hydrogens is 358 g/mol. The zero-order valence-corrected chi connectivity index (χ0v) is 20.1. The monoisotopic (exact) mass is 405 g/mol. The van der Waals surface area contributed by atoms with Crippen molar-refractivity contribution < 1.29 is 9.53 Å². The van der Waals surface area contributed by atoms with Gasteiger partial charge in [-0.3, -0.25) is 9.69 Å². The fourth-order valence-corrected chi connectivity index (χ4v) is 6.32. The molecule has 2 saturated carbocycles. The molecule has 3 nitrogen and oxygen atoms in total. The van der Waals surface area contributed by atoms with Crippen molar-refractivity contribution in [3.63, 3.8) is 0 Å². The van der Waals surface area contributed by atoms with Gasteiger partial charge in [0, 0.05) is 35.9 Å². The van der Waals surface area contributed by atoms with Crippen molar-refractivity contribution in [3.8, 4) is 0 Å². The number of carbonyl (C=O) groups is 1. The summed E-state index contributed by atoms with van der Waals surface area (Å²) >= 11 is 0. The van der Waals surface area contributed by atoms with Crippen LogP contribution >= 0.6 is 0 Å². The molecule has 0 radical (unpaired) electrons. The highest BCUT2D eigenvalue weighted by atomic mass is 16.5. The first-order chi connectivity index (χ1) is 13.6. The number of nitrogens with zero attached hydrogens (tertiary/aromatic N) is 1. The molecule has 1 aliphatic heterocycles. The van der Waals surface area contributed by atoms with Gasteiger partial charge in [0.1, 0.15) is 5.78 Å². The van der Waals surface area contributed by atoms with Gasteiger partial charge in [0.2, 0.25) is 0 Å². The number of rotatable bonds is 7. The zero-order chi connectivity index (χ0) is 21.2. The molecule has 0 spiro atoms. The highest BCUT2D eigenvalue weighted by Crippen LogP contribution is 2.44. The van der Waals surface area contributed by atoms with E-state index >= 15 is 0 Å². The molecule has 2 aliphatic carbocycles. The van der Waals surface area contributed by atoms with Crippen molar-refractivity contribution in [3.05, 3.63) is 0 Å². The van der Waals surface area contributed by atoms with Crippen LogP contribution < -0.4 is 0 Å². The summed E-state index contributed by atoms with van der Waals surface area (Å²) in [4.78, 5) is 15.3. The van der Waals surface area contributed by atoms with Crippen LogP contribution in [0.5, 0.6) is 0 Å². The number of likely N-dealkylation sites (tertiary alicyclic amines) is 1. The maximum absolute atomic E-state index is 12.8. The summed E-state index contributed by atoms with van der Waals surface area (Å²) in [6.07, 6.45) is 11.8. The van der Waals surface area contributed by atoms with Gasteiger partial charge in [0.05, 0.1) is 6.61 Å². The summed E-state index contributed by atoms with van der Waals surface area (Å²) in [6, 6.07) is 0. The van der Waals surface area contributed by atoms with Gasteiger partial charge in [-0.15, -0.1) is 0 Å². The van der Waals surface area contributed by atoms with E-state index in [1.54, 1.807) is 0 Å². The molecule has 1 heterocycles. The Bertz CT molecular complexity index is 539. The highest BCUT2D eigenvalue weighted by molar-refractivity contribution is 5.81. The van der Waals surface area contributed by atoms with E-state index in [2.05, 4.69) is 46.6 Å². The van der Waals surface area contributed by atoms with Gasteiger partial charge in [0.15, 0.2) is 0 Å². The van der Waals surface area contributed by atoms with E-state index < -0.39 is 0 Å². The maximum atomic E-state index is 12.8. The molecule has 3 heteroatoms. The predicted molar refractivity (Wildman–Crippen MR) is 121 cm³/mol. The fraction of sp³-hybridized carbons (Fsp3) is 0.962. The highest BCUT2D eigenvalue weighted by Gasteiger charge is 2.49. The number of ether oxygens (including phenoxy) is 1. The second kappa shape index (κ2) is 9.39. The lowest BCUT2D eigenvalue weighted by Crippen LogP contribution is -2.47. The SMILES string of the molecule is CC1CCC(CC(=O)C2CCC(COCC3CC(C)(C)N(C)C3(C)C)CC2)CC1. The second-order valence-electron chi connectivity index (χ2n) is 12.0. The molecule has 0 amide bonds.